The van der Waals surface area contributed by atoms with Gasteiger partial charge >= 0.3 is 16.3 Å². The number of carboxylic acid groups (broad SMARTS) is 1. The zero-order chi connectivity index (χ0) is 21.1. The van der Waals surface area contributed by atoms with Crippen LogP contribution in [0.5, 0.6) is 0 Å². The van der Waals surface area contributed by atoms with Gasteiger partial charge in [-0.25, -0.2) is 14.5 Å². The van der Waals surface area contributed by atoms with Gasteiger partial charge in [0.1, 0.15) is 0 Å². The first kappa shape index (κ1) is 19.5. The Kier molecular flexibility index (Phi) is 4.42. The van der Waals surface area contributed by atoms with Crippen LogP contribution >= 0.6 is 0 Å². The first-order valence-corrected chi connectivity index (χ1v) is 11.6. The van der Waals surface area contributed by atoms with Crippen LogP contribution in [0.1, 0.15) is 37.3 Å². The molecule has 0 radical (unpaired) electrons. The molecule has 160 valence electrons. The number of amides is 1. The lowest BCUT2D eigenvalue weighted by atomic mass is 9.73. The number of hydrogen-bond donors (Lipinski definition) is 3. The first-order valence-electron chi connectivity index (χ1n) is 10.1. The van der Waals surface area contributed by atoms with Gasteiger partial charge in [0.25, 0.3) is 0 Å². The van der Waals surface area contributed by atoms with Crippen LogP contribution < -0.4 is 4.72 Å². The molecule has 2 aromatic rings. The van der Waals surface area contributed by atoms with Gasteiger partial charge in [0.05, 0.1) is 30.4 Å². The van der Waals surface area contributed by atoms with E-state index in [0.29, 0.717) is 12.8 Å². The SMILES string of the molecule is O=C(O)NS(=O)(=O)N1CCC2(CCC(C3c4ccccc4-c4cncn43)C2O)CC1. The van der Waals surface area contributed by atoms with Gasteiger partial charge in [-0.2, -0.15) is 12.7 Å². The number of hydrogen-bond acceptors (Lipinski definition) is 5. The van der Waals surface area contributed by atoms with E-state index >= 15 is 0 Å². The molecule has 3 unspecified atom stereocenters. The van der Waals surface area contributed by atoms with Gasteiger partial charge in [-0.15, -0.1) is 0 Å². The fraction of sp³-hybridized carbons (Fsp3) is 0.500. The first-order chi connectivity index (χ1) is 14.3. The molecule has 3 atom stereocenters. The monoisotopic (exact) mass is 432 g/mol. The van der Waals surface area contributed by atoms with Gasteiger partial charge in [0.2, 0.25) is 0 Å². The summed E-state index contributed by atoms with van der Waals surface area (Å²) in [7, 11) is -4.06. The molecule has 3 heterocycles. The number of benzene rings is 1. The van der Waals surface area contributed by atoms with Crippen LogP contribution in [0.3, 0.4) is 0 Å². The Morgan fingerprint density at radius 3 is 2.67 bits per heavy atom. The number of fused-ring (bicyclic) bond motifs is 3. The van der Waals surface area contributed by atoms with Crippen LogP contribution in [0.2, 0.25) is 0 Å². The van der Waals surface area contributed by atoms with Gasteiger partial charge < -0.3 is 14.8 Å². The molecule has 3 aliphatic rings. The van der Waals surface area contributed by atoms with Crippen molar-refractivity contribution in [3.63, 3.8) is 0 Å². The van der Waals surface area contributed by atoms with Crippen molar-refractivity contribution in [2.24, 2.45) is 11.3 Å². The van der Waals surface area contributed by atoms with E-state index in [2.05, 4.69) is 21.7 Å². The highest BCUT2D eigenvalue weighted by molar-refractivity contribution is 7.87. The van der Waals surface area contributed by atoms with Crippen LogP contribution in [0, 0.1) is 11.3 Å². The molecule has 1 aromatic carbocycles. The lowest BCUT2D eigenvalue weighted by Crippen LogP contribution is -2.51. The number of aliphatic hydroxyl groups excluding tert-OH is 1. The normalized spacial score (nSPS) is 27.7. The summed E-state index contributed by atoms with van der Waals surface area (Å²) in [5, 5.41) is 20.2. The molecular weight excluding hydrogens is 408 g/mol. The quantitative estimate of drug-likeness (QED) is 0.679. The summed E-state index contributed by atoms with van der Waals surface area (Å²) >= 11 is 0. The van der Waals surface area contributed by atoms with Gasteiger partial charge in [0.15, 0.2) is 0 Å². The fourth-order valence-electron chi connectivity index (χ4n) is 5.75. The lowest BCUT2D eigenvalue weighted by molar-refractivity contribution is -0.0147. The van der Waals surface area contributed by atoms with E-state index in [1.165, 1.54) is 5.56 Å². The molecule has 3 N–H and O–H groups in total. The largest absolute Gasteiger partial charge is 0.464 e. The van der Waals surface area contributed by atoms with E-state index in [0.717, 1.165) is 28.4 Å². The Bertz CT molecular complexity index is 1090. The van der Waals surface area contributed by atoms with Crippen molar-refractivity contribution in [1.82, 2.24) is 18.6 Å². The van der Waals surface area contributed by atoms with Crippen molar-refractivity contribution in [2.45, 2.75) is 37.8 Å². The van der Waals surface area contributed by atoms with Crippen molar-refractivity contribution in [1.29, 1.82) is 0 Å². The van der Waals surface area contributed by atoms with Gasteiger partial charge in [-0.05, 0) is 36.7 Å². The number of nitrogens with one attached hydrogen (secondary N) is 1. The van der Waals surface area contributed by atoms with E-state index in [9.17, 15) is 18.3 Å². The van der Waals surface area contributed by atoms with Crippen LogP contribution in [-0.4, -0.2) is 57.8 Å². The maximum absolute atomic E-state index is 12.2. The second-order valence-electron chi connectivity index (χ2n) is 8.54. The highest BCUT2D eigenvalue weighted by Crippen LogP contribution is 2.55. The third kappa shape index (κ3) is 2.85. The zero-order valence-electron chi connectivity index (χ0n) is 16.3. The van der Waals surface area contributed by atoms with Crippen molar-refractivity contribution in [2.75, 3.05) is 13.1 Å². The summed E-state index contributed by atoms with van der Waals surface area (Å²) in [6.45, 7) is 0.397. The number of aromatic nitrogens is 2. The van der Waals surface area contributed by atoms with E-state index in [1.54, 1.807) is 4.72 Å². The minimum absolute atomic E-state index is 0.0156. The van der Waals surface area contributed by atoms with E-state index in [-0.39, 0.29) is 30.5 Å². The third-order valence-corrected chi connectivity index (χ3v) is 8.69. The van der Waals surface area contributed by atoms with Crippen molar-refractivity contribution in [3.05, 3.63) is 42.4 Å². The van der Waals surface area contributed by atoms with Crippen LogP contribution in [0.15, 0.2) is 36.8 Å². The van der Waals surface area contributed by atoms with Crippen LogP contribution in [0.4, 0.5) is 4.79 Å². The topological polar surface area (TPSA) is 125 Å². The smallest absolute Gasteiger partial charge is 0.419 e. The predicted molar refractivity (Wildman–Crippen MR) is 108 cm³/mol. The second-order valence-corrected chi connectivity index (χ2v) is 10.2. The van der Waals surface area contributed by atoms with Crippen molar-refractivity contribution in [3.8, 4) is 11.3 Å². The molecule has 1 saturated heterocycles. The molecule has 2 fully saturated rings. The zero-order valence-corrected chi connectivity index (χ0v) is 17.1. The maximum atomic E-state index is 12.2. The van der Waals surface area contributed by atoms with E-state index < -0.39 is 22.4 Å². The molecule has 1 aromatic heterocycles. The van der Waals surface area contributed by atoms with Crippen molar-refractivity contribution >= 4 is 16.3 Å². The Balaban J connectivity index is 1.37. The molecule has 10 heteroatoms. The summed E-state index contributed by atoms with van der Waals surface area (Å²) in [6, 6.07) is 8.23. The summed E-state index contributed by atoms with van der Waals surface area (Å²) in [4.78, 5) is 15.1. The Hall–Kier alpha value is -2.43. The molecular formula is C20H24N4O5S. The molecule has 1 amide bonds. The Labute approximate surface area is 174 Å². The number of rotatable bonds is 3. The van der Waals surface area contributed by atoms with Gasteiger partial charge in [-0.3, -0.25) is 0 Å². The van der Waals surface area contributed by atoms with E-state index in [1.807, 2.05) is 24.7 Å². The molecule has 0 bridgehead atoms. The van der Waals surface area contributed by atoms with Crippen molar-refractivity contribution < 1.29 is 23.4 Å². The average molecular weight is 433 g/mol. The number of piperidine rings is 1. The van der Waals surface area contributed by atoms with Crippen LogP contribution in [-0.2, 0) is 10.2 Å². The van der Waals surface area contributed by atoms with Gasteiger partial charge in [0, 0.05) is 24.6 Å². The predicted octanol–water partition coefficient (Wildman–Crippen LogP) is 1.82. The Morgan fingerprint density at radius 2 is 1.93 bits per heavy atom. The molecule has 2 aliphatic heterocycles. The second kappa shape index (κ2) is 6.79. The highest BCUT2D eigenvalue weighted by atomic mass is 32.2. The molecule has 5 rings (SSSR count). The lowest BCUT2D eigenvalue weighted by Gasteiger charge is -2.42. The molecule has 9 nitrogen and oxygen atoms in total. The Morgan fingerprint density at radius 1 is 1.20 bits per heavy atom. The maximum Gasteiger partial charge on any atom is 0.419 e. The fourth-order valence-corrected chi connectivity index (χ4v) is 6.76. The van der Waals surface area contributed by atoms with Crippen LogP contribution in [0.25, 0.3) is 11.3 Å². The summed E-state index contributed by atoms with van der Waals surface area (Å²) in [5.74, 6) is 0.0156. The summed E-state index contributed by atoms with van der Waals surface area (Å²) in [5.41, 5.74) is 3.05. The number of aliphatic hydroxyl groups is 1. The number of imidazole rings is 1. The summed E-state index contributed by atoms with van der Waals surface area (Å²) < 4.78 is 29.2. The molecule has 1 spiro atoms. The highest BCUT2D eigenvalue weighted by Gasteiger charge is 2.53. The number of nitrogens with zero attached hydrogens (tertiary/aromatic N) is 3. The molecule has 1 saturated carbocycles. The molecule has 30 heavy (non-hydrogen) atoms. The standard InChI is InChI=1S/C20H24N4O5S/c25-18-15(17-14-4-2-1-3-13(14)16-11-21-12-24(16)17)5-6-20(18)7-9-23(10-8-20)30(28,29)22-19(26)27/h1-4,11-12,15,17-18,22,25H,5-10H2,(H,26,27). The summed E-state index contributed by atoms with van der Waals surface area (Å²) in [6.07, 6.45) is 4.21. The third-order valence-electron chi connectivity index (χ3n) is 7.21. The average Bonchev–Trinajstić information content (AvgIpc) is 3.37. The minimum Gasteiger partial charge on any atom is -0.464 e. The minimum atomic E-state index is -4.06. The number of carbonyl (C=O) groups is 1. The van der Waals surface area contributed by atoms with Gasteiger partial charge in [-0.1, -0.05) is 24.3 Å². The van der Waals surface area contributed by atoms with E-state index in [4.69, 9.17) is 5.11 Å². The molecule has 1 aliphatic carbocycles.